The summed E-state index contributed by atoms with van der Waals surface area (Å²) < 4.78 is 19.6. The van der Waals surface area contributed by atoms with Gasteiger partial charge >= 0.3 is 0 Å². The lowest BCUT2D eigenvalue weighted by atomic mass is 9.72. The van der Waals surface area contributed by atoms with E-state index in [9.17, 15) is 4.39 Å². The summed E-state index contributed by atoms with van der Waals surface area (Å²) in [6.07, 6.45) is 11.5. The summed E-state index contributed by atoms with van der Waals surface area (Å²) in [4.78, 5) is 0. The minimum absolute atomic E-state index is 0.0978. The lowest BCUT2D eigenvalue weighted by molar-refractivity contribution is 0.197. The lowest BCUT2D eigenvalue weighted by Crippen LogP contribution is -2.23. The summed E-state index contributed by atoms with van der Waals surface area (Å²) in [6, 6.07) is 3.47. The van der Waals surface area contributed by atoms with Crippen LogP contribution in [0.2, 0.25) is 5.02 Å². The van der Waals surface area contributed by atoms with E-state index >= 15 is 0 Å². The molecule has 1 aromatic carbocycles. The second-order valence-corrected chi connectivity index (χ2v) is 8.09. The van der Waals surface area contributed by atoms with E-state index in [-0.39, 0.29) is 10.8 Å². The van der Waals surface area contributed by atoms with Gasteiger partial charge in [0.1, 0.15) is 23.2 Å². The quantitative estimate of drug-likeness (QED) is 0.547. The molecular weight excluding hydrogens is 323 g/mol. The molecule has 2 aliphatic carbocycles. The van der Waals surface area contributed by atoms with E-state index in [1.807, 2.05) is 0 Å². The molecule has 1 atom stereocenters. The van der Waals surface area contributed by atoms with Crippen molar-refractivity contribution in [3.63, 3.8) is 0 Å². The summed E-state index contributed by atoms with van der Waals surface area (Å²) in [5, 5.41) is 0.0978. The summed E-state index contributed by atoms with van der Waals surface area (Å²) in [6.45, 7) is 4.61. The van der Waals surface area contributed by atoms with Crippen LogP contribution in [0.5, 0.6) is 5.75 Å². The number of allylic oxidation sites excluding steroid dienone is 1. The molecule has 0 aromatic heterocycles. The van der Waals surface area contributed by atoms with Gasteiger partial charge in [-0.05, 0) is 74.0 Å². The number of hydrogen-bond acceptors (Lipinski definition) is 1. The summed E-state index contributed by atoms with van der Waals surface area (Å²) in [7, 11) is 0. The number of halogens is 2. The van der Waals surface area contributed by atoms with E-state index in [2.05, 4.69) is 13.0 Å². The molecule has 0 N–H and O–H groups in total. The minimum Gasteiger partial charge on any atom is -0.488 e. The maximum Gasteiger partial charge on any atom is 0.148 e. The van der Waals surface area contributed by atoms with Crippen LogP contribution < -0.4 is 4.74 Å². The summed E-state index contributed by atoms with van der Waals surface area (Å²) in [5.41, 5.74) is 1.88. The van der Waals surface area contributed by atoms with Crippen LogP contribution in [0.15, 0.2) is 23.8 Å². The van der Waals surface area contributed by atoms with Crippen LogP contribution in [-0.4, -0.2) is 6.61 Å². The fraction of sp³-hybridized carbons (Fsp3) is 0.619. The third-order valence-corrected chi connectivity index (χ3v) is 6.28. The highest BCUT2D eigenvalue weighted by atomic mass is 35.5. The first-order chi connectivity index (χ1) is 11.5. The molecule has 1 fully saturated rings. The van der Waals surface area contributed by atoms with Gasteiger partial charge in [-0.1, -0.05) is 43.5 Å². The van der Waals surface area contributed by atoms with E-state index in [0.29, 0.717) is 17.9 Å². The fourth-order valence-electron chi connectivity index (χ4n) is 4.14. The molecule has 0 heterocycles. The van der Waals surface area contributed by atoms with Crippen LogP contribution in [0.25, 0.3) is 0 Å². The van der Waals surface area contributed by atoms with Crippen molar-refractivity contribution in [1.29, 1.82) is 0 Å². The van der Waals surface area contributed by atoms with E-state index in [4.69, 9.17) is 16.3 Å². The standard InChI is InChI=1S/C21H28ClFO/c1-14-3-8-17(9-4-14)18-10-6-16(7-11-18)13-24-19-12-5-15(2)21(23)20(19)22/h5-6,12,14,17-18H,3-4,7-11,13H2,1-2H3. The van der Waals surface area contributed by atoms with Gasteiger partial charge in [0.2, 0.25) is 0 Å². The fourth-order valence-corrected chi connectivity index (χ4v) is 4.40. The van der Waals surface area contributed by atoms with Gasteiger partial charge in [-0.2, -0.15) is 0 Å². The van der Waals surface area contributed by atoms with Gasteiger partial charge in [0.25, 0.3) is 0 Å². The van der Waals surface area contributed by atoms with Gasteiger partial charge in [-0.3, -0.25) is 0 Å². The molecule has 0 spiro atoms. The SMILES string of the molecule is Cc1ccc(OCC2=CCC(C3CCC(C)CC3)CC2)c(Cl)c1F. The zero-order valence-corrected chi connectivity index (χ0v) is 15.5. The van der Waals surface area contributed by atoms with Gasteiger partial charge in [-0.25, -0.2) is 4.39 Å². The number of aryl methyl sites for hydroxylation is 1. The van der Waals surface area contributed by atoms with Crippen LogP contribution in [-0.2, 0) is 0 Å². The van der Waals surface area contributed by atoms with Crippen molar-refractivity contribution in [3.8, 4) is 5.75 Å². The molecule has 132 valence electrons. The highest BCUT2D eigenvalue weighted by Gasteiger charge is 2.27. The molecule has 0 bridgehead atoms. The van der Waals surface area contributed by atoms with Crippen molar-refractivity contribution >= 4 is 11.6 Å². The zero-order chi connectivity index (χ0) is 17.1. The molecule has 3 rings (SSSR count). The molecule has 2 aliphatic rings. The van der Waals surface area contributed by atoms with Crippen LogP contribution in [0.3, 0.4) is 0 Å². The molecule has 3 heteroatoms. The molecule has 1 unspecified atom stereocenters. The predicted octanol–water partition coefficient (Wildman–Crippen LogP) is 6.72. The molecule has 0 amide bonds. The van der Waals surface area contributed by atoms with Crippen molar-refractivity contribution in [2.24, 2.45) is 17.8 Å². The average Bonchev–Trinajstić information content (AvgIpc) is 2.60. The highest BCUT2D eigenvalue weighted by molar-refractivity contribution is 6.32. The van der Waals surface area contributed by atoms with Crippen molar-refractivity contribution in [2.75, 3.05) is 6.61 Å². The molecular formula is C21H28ClFO. The molecule has 1 saturated carbocycles. The average molecular weight is 351 g/mol. The Labute approximate surface area is 150 Å². The first kappa shape index (κ1) is 17.8. The first-order valence-corrected chi connectivity index (χ1v) is 9.67. The number of benzene rings is 1. The third kappa shape index (κ3) is 4.14. The van der Waals surface area contributed by atoms with E-state index in [1.165, 1.54) is 44.1 Å². The molecule has 1 aromatic rings. The van der Waals surface area contributed by atoms with Gasteiger partial charge in [0.15, 0.2) is 0 Å². The normalized spacial score (nSPS) is 27.7. The Morgan fingerprint density at radius 2 is 1.88 bits per heavy atom. The molecule has 0 saturated heterocycles. The first-order valence-electron chi connectivity index (χ1n) is 9.30. The van der Waals surface area contributed by atoms with Crippen LogP contribution in [0, 0.1) is 30.5 Å². The van der Waals surface area contributed by atoms with Crippen molar-refractivity contribution in [3.05, 3.63) is 40.2 Å². The Morgan fingerprint density at radius 1 is 1.12 bits per heavy atom. The third-order valence-electron chi connectivity index (χ3n) is 5.93. The Balaban J connectivity index is 1.52. The molecule has 0 aliphatic heterocycles. The summed E-state index contributed by atoms with van der Waals surface area (Å²) >= 11 is 6.03. The topological polar surface area (TPSA) is 9.23 Å². The summed E-state index contributed by atoms with van der Waals surface area (Å²) in [5.74, 6) is 2.76. The van der Waals surface area contributed by atoms with Crippen LogP contribution in [0.4, 0.5) is 4.39 Å². The predicted molar refractivity (Wildman–Crippen MR) is 98.2 cm³/mol. The Morgan fingerprint density at radius 3 is 2.54 bits per heavy atom. The van der Waals surface area contributed by atoms with Gasteiger partial charge in [0.05, 0.1) is 0 Å². The second-order valence-electron chi connectivity index (χ2n) is 7.71. The van der Waals surface area contributed by atoms with Crippen molar-refractivity contribution in [1.82, 2.24) is 0 Å². The van der Waals surface area contributed by atoms with Crippen molar-refractivity contribution < 1.29 is 9.13 Å². The lowest BCUT2D eigenvalue weighted by Gasteiger charge is -2.34. The zero-order valence-electron chi connectivity index (χ0n) is 14.8. The van der Waals surface area contributed by atoms with E-state index in [1.54, 1.807) is 19.1 Å². The Hall–Kier alpha value is -1.02. The van der Waals surface area contributed by atoms with Crippen molar-refractivity contribution in [2.45, 2.75) is 58.8 Å². The molecule has 1 nitrogen and oxygen atoms in total. The number of rotatable bonds is 4. The van der Waals surface area contributed by atoms with Gasteiger partial charge < -0.3 is 4.74 Å². The monoisotopic (exact) mass is 350 g/mol. The molecule has 24 heavy (non-hydrogen) atoms. The Kier molecular flexibility index (Phi) is 5.86. The maximum absolute atomic E-state index is 13.8. The van der Waals surface area contributed by atoms with Crippen LogP contribution in [0.1, 0.15) is 57.4 Å². The molecule has 0 radical (unpaired) electrons. The minimum atomic E-state index is -0.376. The highest BCUT2D eigenvalue weighted by Crippen LogP contribution is 2.39. The second kappa shape index (κ2) is 7.91. The van der Waals surface area contributed by atoms with E-state index in [0.717, 1.165) is 24.2 Å². The Bertz CT molecular complexity index is 602. The number of hydrogen-bond donors (Lipinski definition) is 0. The van der Waals surface area contributed by atoms with Gasteiger partial charge in [0, 0.05) is 0 Å². The largest absolute Gasteiger partial charge is 0.488 e. The van der Waals surface area contributed by atoms with E-state index < -0.39 is 0 Å². The smallest absolute Gasteiger partial charge is 0.148 e. The van der Waals surface area contributed by atoms with Crippen LogP contribution >= 0.6 is 11.6 Å². The number of ether oxygens (including phenoxy) is 1. The van der Waals surface area contributed by atoms with Gasteiger partial charge in [-0.15, -0.1) is 0 Å². The maximum atomic E-state index is 13.8.